The molecule has 2 amide bonds. The Morgan fingerprint density at radius 3 is 2.68 bits per heavy atom. The van der Waals surface area contributed by atoms with Crippen LogP contribution < -0.4 is 5.32 Å². The van der Waals surface area contributed by atoms with Crippen LogP contribution in [0.15, 0.2) is 41.6 Å². The fraction of sp³-hybridized carbons (Fsp3) is 0.533. The molecule has 11 heteroatoms. The van der Waals surface area contributed by atoms with Crippen molar-refractivity contribution in [3.05, 3.63) is 47.6 Å². The van der Waals surface area contributed by atoms with Crippen LogP contribution in [0.5, 0.6) is 11.5 Å². The van der Waals surface area contributed by atoms with Crippen LogP contribution in [0, 0.1) is 0 Å². The lowest BCUT2D eigenvalue weighted by Gasteiger charge is -2.26. The molecule has 2 heterocycles. The lowest BCUT2D eigenvalue weighted by Crippen LogP contribution is -2.37. The maximum Gasteiger partial charge on any atom is 0.342 e. The summed E-state index contributed by atoms with van der Waals surface area (Å²) < 4.78 is 11.6. The number of allylic oxidation sites excluding steroid dienone is 1. The van der Waals surface area contributed by atoms with E-state index in [1.807, 2.05) is 18.2 Å². The predicted octanol–water partition coefficient (Wildman–Crippen LogP) is 3.39. The van der Waals surface area contributed by atoms with Crippen molar-refractivity contribution in [1.82, 2.24) is 10.2 Å². The van der Waals surface area contributed by atoms with Gasteiger partial charge < -0.3 is 34.7 Å². The smallest absolute Gasteiger partial charge is 0.342 e. The molecular weight excluding hydrogens is 530 g/mol. The van der Waals surface area contributed by atoms with Gasteiger partial charge in [0, 0.05) is 52.1 Å². The summed E-state index contributed by atoms with van der Waals surface area (Å²) in [4.78, 5) is 43.9. The Morgan fingerprint density at radius 1 is 1.15 bits per heavy atom. The SMILES string of the molecule is CC(=O)NCCCO[C@@H]1/C=C/C[C@@H](C)OC(=O)c2c(O)cc(O)cc2CC(=N\OCC(=O)N2CCCCC2)/C=C/C1. The number of hydrogen-bond donors (Lipinski definition) is 3. The zero-order valence-corrected chi connectivity index (χ0v) is 23.8. The Morgan fingerprint density at radius 2 is 1.93 bits per heavy atom. The molecule has 2 atom stereocenters. The highest BCUT2D eigenvalue weighted by Gasteiger charge is 2.23. The molecule has 11 nitrogen and oxygen atoms in total. The van der Waals surface area contributed by atoms with Crippen molar-refractivity contribution in [1.29, 1.82) is 0 Å². The predicted molar refractivity (Wildman–Crippen MR) is 153 cm³/mol. The molecule has 2 aliphatic rings. The van der Waals surface area contributed by atoms with Gasteiger partial charge in [-0.3, -0.25) is 9.59 Å². The highest BCUT2D eigenvalue weighted by atomic mass is 16.6. The zero-order chi connectivity index (χ0) is 29.6. The van der Waals surface area contributed by atoms with Gasteiger partial charge in [0.1, 0.15) is 23.2 Å². The minimum atomic E-state index is -0.731. The second-order valence-corrected chi connectivity index (χ2v) is 10.2. The van der Waals surface area contributed by atoms with Gasteiger partial charge in [0.25, 0.3) is 5.91 Å². The van der Waals surface area contributed by atoms with Gasteiger partial charge in [0.2, 0.25) is 5.91 Å². The second kappa shape index (κ2) is 16.4. The number of oxime groups is 1. The van der Waals surface area contributed by atoms with Gasteiger partial charge in [-0.2, -0.15) is 0 Å². The highest BCUT2D eigenvalue weighted by molar-refractivity contribution is 6.00. The van der Waals surface area contributed by atoms with Crippen LogP contribution in [0.25, 0.3) is 0 Å². The fourth-order valence-corrected chi connectivity index (χ4v) is 4.59. The van der Waals surface area contributed by atoms with Crippen molar-refractivity contribution in [3.8, 4) is 11.5 Å². The van der Waals surface area contributed by atoms with E-state index in [-0.39, 0.29) is 42.3 Å². The number of fused-ring (bicyclic) bond motifs is 1. The van der Waals surface area contributed by atoms with E-state index in [0.717, 1.165) is 25.3 Å². The molecule has 1 aromatic carbocycles. The summed E-state index contributed by atoms with van der Waals surface area (Å²) >= 11 is 0. The molecular formula is C30H41N3O8. The number of phenolic OH excluding ortho intramolecular Hbond substituents is 2. The number of amides is 2. The van der Waals surface area contributed by atoms with Gasteiger partial charge in [-0.15, -0.1) is 0 Å². The third-order valence-electron chi connectivity index (χ3n) is 6.67. The van der Waals surface area contributed by atoms with Gasteiger partial charge in [-0.1, -0.05) is 23.4 Å². The standard InChI is InChI=1S/C30H41N3O8/c1-21-9-6-11-26(39-16-8-13-31-22(2)34)12-7-10-24(32-40-20-28(37)33-14-4-3-5-15-33)17-23-18-25(35)19-27(36)29(23)30(38)41-21/h6-7,10-11,18-19,21,26,35-36H,3-5,8-9,12-17,20H2,1-2H3,(H,31,34)/b10-7+,11-6+,32-24-/t21-,26-/m1/s1. The van der Waals surface area contributed by atoms with Crippen molar-refractivity contribution in [2.45, 2.75) is 71.0 Å². The first-order chi connectivity index (χ1) is 19.7. The Hall–Kier alpha value is -3.86. The molecule has 0 aliphatic carbocycles. The summed E-state index contributed by atoms with van der Waals surface area (Å²) in [5, 5.41) is 27.6. The van der Waals surface area contributed by atoms with Gasteiger partial charge in [0.05, 0.1) is 11.8 Å². The van der Waals surface area contributed by atoms with Crippen molar-refractivity contribution >= 4 is 23.5 Å². The molecule has 1 saturated heterocycles. The van der Waals surface area contributed by atoms with Crippen molar-refractivity contribution < 1.29 is 38.9 Å². The molecule has 0 bridgehead atoms. The summed E-state index contributed by atoms with van der Waals surface area (Å²) in [6.07, 6.45) is 11.2. The highest BCUT2D eigenvalue weighted by Crippen LogP contribution is 2.29. The van der Waals surface area contributed by atoms with Crippen LogP contribution in [0.1, 0.15) is 68.3 Å². The lowest BCUT2D eigenvalue weighted by molar-refractivity contribution is -0.137. The largest absolute Gasteiger partial charge is 0.508 e. The first-order valence-corrected chi connectivity index (χ1v) is 14.1. The third kappa shape index (κ3) is 10.9. The van der Waals surface area contributed by atoms with Crippen molar-refractivity contribution in [2.75, 3.05) is 32.8 Å². The van der Waals surface area contributed by atoms with E-state index in [1.54, 1.807) is 17.9 Å². The number of likely N-dealkylation sites (tertiary alicyclic amines) is 1. The molecule has 0 unspecified atom stereocenters. The van der Waals surface area contributed by atoms with Crippen LogP contribution >= 0.6 is 0 Å². The first kappa shape index (κ1) is 31.7. The number of benzene rings is 1. The van der Waals surface area contributed by atoms with Crippen LogP contribution in [0.2, 0.25) is 0 Å². The second-order valence-electron chi connectivity index (χ2n) is 10.2. The number of hydrogen-bond acceptors (Lipinski definition) is 9. The average Bonchev–Trinajstić information content (AvgIpc) is 2.91. The van der Waals surface area contributed by atoms with E-state index in [4.69, 9.17) is 14.3 Å². The number of nitrogens with zero attached hydrogens (tertiary/aromatic N) is 2. The monoisotopic (exact) mass is 571 g/mol. The molecule has 1 fully saturated rings. The number of cyclic esters (lactones) is 1. The van der Waals surface area contributed by atoms with Gasteiger partial charge in [-0.05, 0) is 56.7 Å². The number of esters is 1. The number of carbonyl (C=O) groups excluding carboxylic acids is 3. The van der Waals surface area contributed by atoms with E-state index in [0.29, 0.717) is 56.8 Å². The Balaban J connectivity index is 1.81. The lowest BCUT2D eigenvalue weighted by atomic mass is 9.99. The average molecular weight is 572 g/mol. The van der Waals surface area contributed by atoms with Crippen molar-refractivity contribution in [2.24, 2.45) is 5.16 Å². The number of nitrogens with one attached hydrogen (secondary N) is 1. The molecule has 0 aromatic heterocycles. The summed E-state index contributed by atoms with van der Waals surface area (Å²) in [5.41, 5.74) is 0.600. The Labute approximate surface area is 240 Å². The molecule has 41 heavy (non-hydrogen) atoms. The number of piperidine rings is 1. The minimum Gasteiger partial charge on any atom is -0.508 e. The molecule has 224 valence electrons. The van der Waals surface area contributed by atoms with Gasteiger partial charge in [0.15, 0.2) is 6.61 Å². The van der Waals surface area contributed by atoms with E-state index < -0.39 is 17.8 Å². The zero-order valence-electron chi connectivity index (χ0n) is 23.8. The van der Waals surface area contributed by atoms with E-state index >= 15 is 0 Å². The van der Waals surface area contributed by atoms with E-state index in [1.165, 1.54) is 13.0 Å². The van der Waals surface area contributed by atoms with E-state index in [2.05, 4.69) is 10.5 Å². The van der Waals surface area contributed by atoms with E-state index in [9.17, 15) is 24.6 Å². The fourth-order valence-electron chi connectivity index (χ4n) is 4.59. The van der Waals surface area contributed by atoms with Crippen molar-refractivity contribution in [3.63, 3.8) is 0 Å². The number of rotatable bonds is 8. The third-order valence-corrected chi connectivity index (χ3v) is 6.67. The Bertz CT molecular complexity index is 1140. The maximum atomic E-state index is 13.0. The molecule has 0 saturated carbocycles. The normalized spacial score (nSPS) is 22.6. The number of aromatic hydroxyl groups is 2. The van der Waals surface area contributed by atoms with Crippen LogP contribution in [-0.4, -0.2) is 83.7 Å². The topological polar surface area (TPSA) is 147 Å². The quantitative estimate of drug-likeness (QED) is 0.186. The summed E-state index contributed by atoms with van der Waals surface area (Å²) in [5.74, 6) is -1.60. The minimum absolute atomic E-state index is 0.0211. The Kier molecular flexibility index (Phi) is 12.7. The summed E-state index contributed by atoms with van der Waals surface area (Å²) in [7, 11) is 0. The first-order valence-electron chi connectivity index (χ1n) is 14.1. The van der Waals surface area contributed by atoms with Crippen LogP contribution in [-0.2, 0) is 30.3 Å². The molecule has 3 rings (SSSR count). The summed E-state index contributed by atoms with van der Waals surface area (Å²) in [6, 6.07) is 2.46. The van der Waals surface area contributed by atoms with Gasteiger partial charge in [-0.25, -0.2) is 4.79 Å². The number of ether oxygens (including phenoxy) is 2. The number of phenols is 2. The van der Waals surface area contributed by atoms with Gasteiger partial charge >= 0.3 is 5.97 Å². The van der Waals surface area contributed by atoms with Crippen LogP contribution in [0.4, 0.5) is 0 Å². The molecule has 0 spiro atoms. The molecule has 3 N–H and O–H groups in total. The maximum absolute atomic E-state index is 13.0. The molecule has 1 aromatic rings. The molecule has 2 aliphatic heterocycles. The number of carbonyl (C=O) groups is 3. The molecule has 0 radical (unpaired) electrons. The van der Waals surface area contributed by atoms with Crippen LogP contribution in [0.3, 0.4) is 0 Å². The summed E-state index contributed by atoms with van der Waals surface area (Å²) in [6.45, 7) is 5.33.